The van der Waals surface area contributed by atoms with Crippen molar-refractivity contribution in [1.82, 2.24) is 9.97 Å². The molecule has 3 rings (SSSR count). The molecule has 1 heterocycles. The van der Waals surface area contributed by atoms with E-state index in [1.54, 1.807) is 0 Å². The summed E-state index contributed by atoms with van der Waals surface area (Å²) < 4.78 is 0. The Bertz CT molecular complexity index is 844. The molecule has 4 heteroatoms. The molecule has 0 bridgehead atoms. The van der Waals surface area contributed by atoms with E-state index in [0.29, 0.717) is 5.95 Å². The van der Waals surface area contributed by atoms with Gasteiger partial charge in [0.15, 0.2) is 0 Å². The van der Waals surface area contributed by atoms with E-state index < -0.39 is 0 Å². The molecule has 1 aromatic heterocycles. The molecule has 4 nitrogen and oxygen atoms in total. The summed E-state index contributed by atoms with van der Waals surface area (Å²) in [6, 6.07) is 14.6. The largest absolute Gasteiger partial charge is 0.340 e. The first-order chi connectivity index (χ1) is 11.9. The second-order valence-electron chi connectivity index (χ2n) is 6.60. The number of nitrogens with one attached hydrogen (secondary N) is 2. The molecule has 2 N–H and O–H groups in total. The predicted octanol–water partition coefficient (Wildman–Crippen LogP) is 5.51. The molecule has 0 radical (unpaired) electrons. The van der Waals surface area contributed by atoms with Gasteiger partial charge in [-0.3, -0.25) is 0 Å². The minimum Gasteiger partial charge on any atom is -0.340 e. The second kappa shape index (κ2) is 6.93. The SMILES string of the molecule is Cc1ccc(C)c(Nc2cc(C)nc(Nc3cc(C)ccc3C)n2)c1. The Morgan fingerprint density at radius 1 is 0.640 bits per heavy atom. The Kier molecular flexibility index (Phi) is 4.70. The molecule has 0 saturated carbocycles. The van der Waals surface area contributed by atoms with Crippen LogP contribution in [0, 0.1) is 34.6 Å². The van der Waals surface area contributed by atoms with Gasteiger partial charge in [0, 0.05) is 23.1 Å². The summed E-state index contributed by atoms with van der Waals surface area (Å²) in [4.78, 5) is 9.15. The maximum Gasteiger partial charge on any atom is 0.229 e. The van der Waals surface area contributed by atoms with Crippen molar-refractivity contribution in [2.45, 2.75) is 34.6 Å². The maximum atomic E-state index is 4.63. The number of nitrogens with zero attached hydrogens (tertiary/aromatic N) is 2. The molecule has 2 aromatic carbocycles. The van der Waals surface area contributed by atoms with Gasteiger partial charge < -0.3 is 10.6 Å². The van der Waals surface area contributed by atoms with Gasteiger partial charge in [-0.25, -0.2) is 4.98 Å². The molecule has 0 atom stereocenters. The summed E-state index contributed by atoms with van der Waals surface area (Å²) in [5, 5.41) is 6.76. The van der Waals surface area contributed by atoms with Crippen LogP contribution in [0.4, 0.5) is 23.1 Å². The van der Waals surface area contributed by atoms with Gasteiger partial charge in [-0.2, -0.15) is 4.98 Å². The van der Waals surface area contributed by atoms with Crippen LogP contribution in [0.25, 0.3) is 0 Å². The lowest BCUT2D eigenvalue weighted by molar-refractivity contribution is 1.10. The highest BCUT2D eigenvalue weighted by Crippen LogP contribution is 2.24. The van der Waals surface area contributed by atoms with Gasteiger partial charge in [-0.05, 0) is 69.0 Å². The van der Waals surface area contributed by atoms with Crippen molar-refractivity contribution in [2.75, 3.05) is 10.6 Å². The van der Waals surface area contributed by atoms with Crippen LogP contribution in [0.5, 0.6) is 0 Å². The van der Waals surface area contributed by atoms with E-state index in [9.17, 15) is 0 Å². The van der Waals surface area contributed by atoms with Crippen molar-refractivity contribution < 1.29 is 0 Å². The molecule has 25 heavy (non-hydrogen) atoms. The molecule has 0 aliphatic heterocycles. The summed E-state index contributed by atoms with van der Waals surface area (Å²) in [6.45, 7) is 10.3. The summed E-state index contributed by atoms with van der Waals surface area (Å²) in [7, 11) is 0. The highest BCUT2D eigenvalue weighted by atomic mass is 15.1. The van der Waals surface area contributed by atoms with Gasteiger partial charge in [-0.1, -0.05) is 24.3 Å². The normalized spacial score (nSPS) is 10.6. The third kappa shape index (κ3) is 4.15. The fourth-order valence-corrected chi connectivity index (χ4v) is 2.69. The number of hydrogen-bond acceptors (Lipinski definition) is 4. The summed E-state index contributed by atoms with van der Waals surface area (Å²) in [5.74, 6) is 1.38. The van der Waals surface area contributed by atoms with E-state index in [4.69, 9.17) is 0 Å². The van der Waals surface area contributed by atoms with Gasteiger partial charge in [0.25, 0.3) is 0 Å². The molecule has 0 fully saturated rings. The zero-order valence-electron chi connectivity index (χ0n) is 15.4. The van der Waals surface area contributed by atoms with Crippen molar-refractivity contribution in [2.24, 2.45) is 0 Å². The van der Waals surface area contributed by atoms with Gasteiger partial charge >= 0.3 is 0 Å². The molecule has 0 aliphatic rings. The Balaban J connectivity index is 1.90. The number of hydrogen-bond donors (Lipinski definition) is 2. The fraction of sp³-hybridized carbons (Fsp3) is 0.238. The zero-order valence-corrected chi connectivity index (χ0v) is 15.4. The molecule has 0 aliphatic carbocycles. The average molecular weight is 332 g/mol. The summed E-state index contributed by atoms with van der Waals surface area (Å²) >= 11 is 0. The minimum absolute atomic E-state index is 0.599. The van der Waals surface area contributed by atoms with Crippen LogP contribution in [0.3, 0.4) is 0 Å². The first kappa shape index (κ1) is 17.0. The molecule has 0 amide bonds. The van der Waals surface area contributed by atoms with E-state index in [1.165, 1.54) is 22.3 Å². The molecule has 0 saturated heterocycles. The Morgan fingerprint density at radius 3 is 1.80 bits per heavy atom. The molecule has 3 aromatic rings. The van der Waals surface area contributed by atoms with Crippen LogP contribution in [-0.4, -0.2) is 9.97 Å². The van der Waals surface area contributed by atoms with Gasteiger partial charge in [0.2, 0.25) is 5.95 Å². The van der Waals surface area contributed by atoms with Crippen LogP contribution in [-0.2, 0) is 0 Å². The van der Waals surface area contributed by atoms with Crippen molar-refractivity contribution in [3.8, 4) is 0 Å². The Hall–Kier alpha value is -2.88. The minimum atomic E-state index is 0.599. The van der Waals surface area contributed by atoms with Crippen LogP contribution in [0.15, 0.2) is 42.5 Å². The monoisotopic (exact) mass is 332 g/mol. The lowest BCUT2D eigenvalue weighted by Gasteiger charge is -2.13. The zero-order chi connectivity index (χ0) is 18.0. The summed E-state index contributed by atoms with van der Waals surface area (Å²) in [6.07, 6.45) is 0. The number of aromatic nitrogens is 2. The first-order valence-corrected chi connectivity index (χ1v) is 8.45. The Morgan fingerprint density at radius 2 is 1.20 bits per heavy atom. The lowest BCUT2D eigenvalue weighted by atomic mass is 10.1. The number of anilines is 4. The van der Waals surface area contributed by atoms with Gasteiger partial charge in [-0.15, -0.1) is 0 Å². The standard InChI is InChI=1S/C21H24N4/c1-13-6-8-15(3)18(10-13)23-20-12-17(5)22-21(25-20)24-19-11-14(2)7-9-16(19)4/h6-12H,1-5H3,(H2,22,23,24,25). The van der Waals surface area contributed by atoms with E-state index in [1.807, 2.05) is 13.0 Å². The highest BCUT2D eigenvalue weighted by molar-refractivity contribution is 5.64. The van der Waals surface area contributed by atoms with Crippen LogP contribution in [0.1, 0.15) is 27.9 Å². The average Bonchev–Trinajstić information content (AvgIpc) is 2.54. The number of rotatable bonds is 4. The fourth-order valence-electron chi connectivity index (χ4n) is 2.69. The van der Waals surface area contributed by atoms with E-state index in [0.717, 1.165) is 22.9 Å². The molecule has 0 unspecified atom stereocenters. The number of aryl methyl sites for hydroxylation is 5. The molecular formula is C21H24N4. The van der Waals surface area contributed by atoms with Gasteiger partial charge in [0.05, 0.1) is 0 Å². The molecular weight excluding hydrogens is 308 g/mol. The molecule has 0 spiro atoms. The van der Waals surface area contributed by atoms with Crippen molar-refractivity contribution in [3.05, 3.63) is 70.4 Å². The van der Waals surface area contributed by atoms with Crippen molar-refractivity contribution in [1.29, 1.82) is 0 Å². The first-order valence-electron chi connectivity index (χ1n) is 8.45. The summed E-state index contributed by atoms with van der Waals surface area (Å²) in [5.41, 5.74) is 7.78. The highest BCUT2D eigenvalue weighted by Gasteiger charge is 2.07. The van der Waals surface area contributed by atoms with Crippen LogP contribution >= 0.6 is 0 Å². The van der Waals surface area contributed by atoms with E-state index >= 15 is 0 Å². The third-order valence-corrected chi connectivity index (χ3v) is 4.15. The maximum absolute atomic E-state index is 4.63. The number of benzene rings is 2. The smallest absolute Gasteiger partial charge is 0.229 e. The van der Waals surface area contributed by atoms with E-state index in [2.05, 4.69) is 84.7 Å². The predicted molar refractivity (Wildman–Crippen MR) is 105 cm³/mol. The second-order valence-corrected chi connectivity index (χ2v) is 6.60. The van der Waals surface area contributed by atoms with Crippen molar-refractivity contribution >= 4 is 23.1 Å². The van der Waals surface area contributed by atoms with Gasteiger partial charge in [0.1, 0.15) is 5.82 Å². The molecule has 128 valence electrons. The Labute approximate surface area is 149 Å². The van der Waals surface area contributed by atoms with E-state index in [-0.39, 0.29) is 0 Å². The third-order valence-electron chi connectivity index (χ3n) is 4.15. The van der Waals surface area contributed by atoms with Crippen LogP contribution in [0.2, 0.25) is 0 Å². The topological polar surface area (TPSA) is 49.8 Å². The quantitative estimate of drug-likeness (QED) is 0.662. The lowest BCUT2D eigenvalue weighted by Crippen LogP contribution is -2.04. The van der Waals surface area contributed by atoms with Crippen LogP contribution < -0.4 is 10.6 Å². The van der Waals surface area contributed by atoms with Crippen molar-refractivity contribution in [3.63, 3.8) is 0 Å².